The van der Waals surface area contributed by atoms with Gasteiger partial charge in [-0.3, -0.25) is 4.79 Å². The molecule has 2 rings (SSSR count). The number of rotatable bonds is 4. The van der Waals surface area contributed by atoms with Crippen LogP contribution in [0.2, 0.25) is 0 Å². The molecule has 4 nitrogen and oxygen atoms in total. The number of nitrogens with two attached hydrogens (primary N) is 1. The molecule has 5 heteroatoms. The average molecular weight is 293 g/mol. The Labute approximate surface area is 125 Å². The van der Waals surface area contributed by atoms with Crippen LogP contribution in [0.15, 0.2) is 18.2 Å². The fourth-order valence-corrected chi connectivity index (χ4v) is 2.66. The predicted molar refractivity (Wildman–Crippen MR) is 83.4 cm³/mol. The molecule has 2 atom stereocenters. The Morgan fingerprint density at radius 3 is 2.90 bits per heavy atom. The van der Waals surface area contributed by atoms with Crippen molar-refractivity contribution in [3.8, 4) is 0 Å². The first-order valence-corrected chi connectivity index (χ1v) is 7.53. The lowest BCUT2D eigenvalue weighted by molar-refractivity contribution is -0.116. The van der Waals surface area contributed by atoms with Crippen molar-refractivity contribution >= 4 is 17.3 Å². The molecule has 21 heavy (non-hydrogen) atoms. The molecule has 0 saturated carbocycles. The molecular formula is C16H24FN3O. The van der Waals surface area contributed by atoms with E-state index >= 15 is 0 Å². The van der Waals surface area contributed by atoms with Gasteiger partial charge in [0.25, 0.3) is 0 Å². The number of anilines is 2. The summed E-state index contributed by atoms with van der Waals surface area (Å²) in [5.74, 6) is 0.772. The van der Waals surface area contributed by atoms with Crippen LogP contribution in [0, 0.1) is 17.7 Å². The van der Waals surface area contributed by atoms with Gasteiger partial charge in [-0.15, -0.1) is 0 Å². The summed E-state index contributed by atoms with van der Waals surface area (Å²) in [4.78, 5) is 14.2. The molecule has 1 aliphatic heterocycles. The van der Waals surface area contributed by atoms with E-state index in [1.54, 1.807) is 0 Å². The lowest BCUT2D eigenvalue weighted by Crippen LogP contribution is -2.39. The third-order valence-electron chi connectivity index (χ3n) is 4.34. The van der Waals surface area contributed by atoms with E-state index in [9.17, 15) is 9.18 Å². The molecule has 116 valence electrons. The number of hydrogen-bond acceptors (Lipinski definition) is 3. The Kier molecular flexibility index (Phi) is 5.17. The maximum Gasteiger partial charge on any atom is 0.225 e. The van der Waals surface area contributed by atoms with Crippen molar-refractivity contribution in [3.05, 3.63) is 24.0 Å². The Bertz CT molecular complexity index is 506. The van der Waals surface area contributed by atoms with Crippen LogP contribution in [-0.2, 0) is 4.79 Å². The monoisotopic (exact) mass is 293 g/mol. The Balaban J connectivity index is 1.81. The maximum atomic E-state index is 13.5. The van der Waals surface area contributed by atoms with Crippen LogP contribution in [-0.4, -0.2) is 30.4 Å². The Morgan fingerprint density at radius 2 is 2.19 bits per heavy atom. The van der Waals surface area contributed by atoms with Gasteiger partial charge in [-0.25, -0.2) is 4.39 Å². The number of nitrogens with zero attached hydrogens (tertiary/aromatic N) is 1. The quantitative estimate of drug-likeness (QED) is 0.839. The van der Waals surface area contributed by atoms with E-state index in [0.717, 1.165) is 19.0 Å². The van der Waals surface area contributed by atoms with Gasteiger partial charge in [-0.1, -0.05) is 13.8 Å². The first kappa shape index (κ1) is 15.8. The van der Waals surface area contributed by atoms with Crippen molar-refractivity contribution in [1.29, 1.82) is 0 Å². The van der Waals surface area contributed by atoms with Gasteiger partial charge in [-0.05, 0) is 43.0 Å². The molecule has 0 bridgehead atoms. The summed E-state index contributed by atoms with van der Waals surface area (Å²) < 4.78 is 13.5. The van der Waals surface area contributed by atoms with Crippen LogP contribution in [0.25, 0.3) is 0 Å². The van der Waals surface area contributed by atoms with Crippen LogP contribution in [0.5, 0.6) is 0 Å². The van der Waals surface area contributed by atoms with E-state index in [2.05, 4.69) is 24.1 Å². The van der Waals surface area contributed by atoms with Crippen LogP contribution >= 0.6 is 0 Å². The number of likely N-dealkylation sites (tertiary alicyclic amines) is 1. The standard InChI is InChI=1S/C16H24FN3O/c1-11-5-7-20(10-12(11)2)8-6-16(21)19-15-9-13(18)3-4-14(15)17/h3-4,9,11-12H,5-8,10,18H2,1-2H3,(H,19,21). The SMILES string of the molecule is CC1CCN(CCC(=O)Nc2cc(N)ccc2F)CC1C. The van der Waals surface area contributed by atoms with Gasteiger partial charge in [-0.2, -0.15) is 0 Å². The zero-order valence-electron chi connectivity index (χ0n) is 12.7. The number of amides is 1. The van der Waals surface area contributed by atoms with E-state index in [-0.39, 0.29) is 11.6 Å². The predicted octanol–water partition coefficient (Wildman–Crippen LogP) is 2.71. The molecule has 0 aliphatic carbocycles. The third-order valence-corrected chi connectivity index (χ3v) is 4.34. The summed E-state index contributed by atoms with van der Waals surface area (Å²) >= 11 is 0. The highest BCUT2D eigenvalue weighted by Crippen LogP contribution is 2.22. The number of carbonyl (C=O) groups is 1. The molecule has 1 aromatic carbocycles. The zero-order chi connectivity index (χ0) is 15.4. The summed E-state index contributed by atoms with van der Waals surface area (Å²) in [5.41, 5.74) is 6.19. The molecule has 1 amide bonds. The lowest BCUT2D eigenvalue weighted by Gasteiger charge is -2.35. The highest BCUT2D eigenvalue weighted by atomic mass is 19.1. The molecule has 3 N–H and O–H groups in total. The molecule has 0 radical (unpaired) electrons. The normalized spacial score (nSPS) is 23.0. The summed E-state index contributed by atoms with van der Waals surface area (Å²) in [6.45, 7) is 7.30. The fourth-order valence-electron chi connectivity index (χ4n) is 2.66. The minimum atomic E-state index is -0.460. The van der Waals surface area contributed by atoms with Crippen molar-refractivity contribution in [1.82, 2.24) is 4.90 Å². The van der Waals surface area contributed by atoms with Gasteiger partial charge in [0.1, 0.15) is 5.82 Å². The second-order valence-electron chi connectivity index (χ2n) is 6.08. The van der Waals surface area contributed by atoms with Crippen LogP contribution in [0.3, 0.4) is 0 Å². The molecule has 0 aromatic heterocycles. The van der Waals surface area contributed by atoms with E-state index in [1.807, 2.05) is 0 Å². The second kappa shape index (κ2) is 6.89. The molecule has 1 aliphatic rings. The first-order valence-electron chi connectivity index (χ1n) is 7.53. The second-order valence-corrected chi connectivity index (χ2v) is 6.08. The van der Waals surface area contributed by atoms with Crippen molar-refractivity contribution in [2.75, 3.05) is 30.7 Å². The summed E-state index contributed by atoms with van der Waals surface area (Å²) in [6, 6.07) is 4.18. The van der Waals surface area contributed by atoms with Gasteiger partial charge >= 0.3 is 0 Å². The Morgan fingerprint density at radius 1 is 1.43 bits per heavy atom. The van der Waals surface area contributed by atoms with Crippen molar-refractivity contribution < 1.29 is 9.18 Å². The fraction of sp³-hybridized carbons (Fsp3) is 0.562. The minimum Gasteiger partial charge on any atom is -0.399 e. The maximum absolute atomic E-state index is 13.5. The molecule has 0 spiro atoms. The molecule has 1 fully saturated rings. The third kappa shape index (κ3) is 4.43. The number of halogens is 1. The van der Waals surface area contributed by atoms with Gasteiger partial charge < -0.3 is 16.0 Å². The largest absolute Gasteiger partial charge is 0.399 e. The number of nitrogen functional groups attached to an aromatic ring is 1. The van der Waals surface area contributed by atoms with E-state index in [4.69, 9.17) is 5.73 Å². The highest BCUT2D eigenvalue weighted by molar-refractivity contribution is 5.91. The lowest BCUT2D eigenvalue weighted by atomic mass is 9.89. The number of nitrogens with one attached hydrogen (secondary N) is 1. The van der Waals surface area contributed by atoms with Gasteiger partial charge in [0, 0.05) is 25.2 Å². The van der Waals surface area contributed by atoms with Crippen LogP contribution < -0.4 is 11.1 Å². The topological polar surface area (TPSA) is 58.4 Å². The van der Waals surface area contributed by atoms with E-state index in [0.29, 0.717) is 24.6 Å². The molecule has 1 saturated heterocycles. The van der Waals surface area contributed by atoms with Crippen molar-refractivity contribution in [2.24, 2.45) is 11.8 Å². The molecule has 2 unspecified atom stereocenters. The Hall–Kier alpha value is -1.62. The molecule has 1 aromatic rings. The number of benzene rings is 1. The van der Waals surface area contributed by atoms with Crippen molar-refractivity contribution in [2.45, 2.75) is 26.7 Å². The number of hydrogen-bond donors (Lipinski definition) is 2. The molecular weight excluding hydrogens is 269 g/mol. The van der Waals surface area contributed by atoms with Gasteiger partial charge in [0.05, 0.1) is 5.69 Å². The van der Waals surface area contributed by atoms with Gasteiger partial charge in [0.2, 0.25) is 5.91 Å². The van der Waals surface area contributed by atoms with E-state index < -0.39 is 5.82 Å². The van der Waals surface area contributed by atoms with Crippen LogP contribution in [0.1, 0.15) is 26.7 Å². The van der Waals surface area contributed by atoms with E-state index in [1.165, 1.54) is 24.6 Å². The summed E-state index contributed by atoms with van der Waals surface area (Å²) in [6.07, 6.45) is 1.54. The first-order chi connectivity index (χ1) is 9.95. The zero-order valence-corrected chi connectivity index (χ0v) is 12.7. The molecule has 1 heterocycles. The summed E-state index contributed by atoms with van der Waals surface area (Å²) in [7, 11) is 0. The van der Waals surface area contributed by atoms with Gasteiger partial charge in [0.15, 0.2) is 0 Å². The number of piperidine rings is 1. The average Bonchev–Trinajstić information content (AvgIpc) is 2.44. The van der Waals surface area contributed by atoms with Crippen molar-refractivity contribution in [3.63, 3.8) is 0 Å². The minimum absolute atomic E-state index is 0.153. The highest BCUT2D eigenvalue weighted by Gasteiger charge is 2.22. The number of carbonyl (C=O) groups excluding carboxylic acids is 1. The summed E-state index contributed by atoms with van der Waals surface area (Å²) in [5, 5.41) is 2.59. The van der Waals surface area contributed by atoms with Crippen LogP contribution in [0.4, 0.5) is 15.8 Å². The smallest absolute Gasteiger partial charge is 0.225 e.